The van der Waals surface area contributed by atoms with Gasteiger partial charge in [0, 0.05) is 12.3 Å². The molecule has 5 nitrogen and oxygen atoms in total. The Balaban J connectivity index is 2.23. The van der Waals surface area contributed by atoms with Gasteiger partial charge in [0.1, 0.15) is 21.3 Å². The molecule has 1 aromatic heterocycles. The van der Waals surface area contributed by atoms with Gasteiger partial charge in [-0.3, -0.25) is 9.69 Å². The highest BCUT2D eigenvalue weighted by atomic mass is 35.5. The quantitative estimate of drug-likeness (QED) is 0.628. The number of thiophene rings is 1. The third-order valence-corrected chi connectivity index (χ3v) is 6.10. The zero-order valence-electron chi connectivity index (χ0n) is 15.1. The maximum Gasteiger partial charge on any atom is 0.341 e. The molecule has 7 heteroatoms. The average molecular weight is 404 g/mol. The summed E-state index contributed by atoms with van der Waals surface area (Å²) in [5.41, 5.74) is 2.28. The lowest BCUT2D eigenvalue weighted by Gasteiger charge is -2.21. The van der Waals surface area contributed by atoms with Gasteiger partial charge in [0.25, 0.3) is 0 Å². The second-order valence-electron chi connectivity index (χ2n) is 6.08. The number of methoxy groups -OCH3 is 1. The minimum atomic E-state index is -0.561. The molecule has 140 valence electrons. The molecule has 0 radical (unpaired) electrons. The molecule has 0 saturated carbocycles. The number of phenolic OH excluding ortho intramolecular Hbond substituents is 1. The van der Waals surface area contributed by atoms with Crippen LogP contribution in [0.4, 0.5) is 5.00 Å². The van der Waals surface area contributed by atoms with E-state index >= 15 is 0 Å². The molecule has 3 rings (SSSR count). The standard InChI is InChI=1S/C20H18ClNO4S/c1-11-6-4-5-7-13(11)10-22(12(2)23)19-16(20(25)26-3)14-8-9-15(24)17(21)18(14)27-19/h4-9,24H,10H2,1-3H3. The molecular formula is C20H18ClNO4S. The van der Waals surface area contributed by atoms with Gasteiger partial charge in [-0.05, 0) is 30.2 Å². The Kier molecular flexibility index (Phi) is 5.39. The van der Waals surface area contributed by atoms with Crippen molar-refractivity contribution >= 4 is 49.9 Å². The van der Waals surface area contributed by atoms with Crippen molar-refractivity contribution in [2.45, 2.75) is 20.4 Å². The first-order valence-electron chi connectivity index (χ1n) is 8.20. The van der Waals surface area contributed by atoms with Crippen molar-refractivity contribution in [1.29, 1.82) is 0 Å². The summed E-state index contributed by atoms with van der Waals surface area (Å²) in [4.78, 5) is 26.5. The second kappa shape index (κ2) is 7.58. The number of rotatable bonds is 4. The monoisotopic (exact) mass is 403 g/mol. The number of nitrogens with zero attached hydrogens (tertiary/aromatic N) is 1. The van der Waals surface area contributed by atoms with Crippen molar-refractivity contribution in [1.82, 2.24) is 0 Å². The minimum absolute atomic E-state index is 0.0818. The molecule has 1 heterocycles. The van der Waals surface area contributed by atoms with E-state index in [1.165, 1.54) is 36.3 Å². The Morgan fingerprint density at radius 2 is 1.93 bits per heavy atom. The molecule has 0 saturated heterocycles. The summed E-state index contributed by atoms with van der Waals surface area (Å²) < 4.78 is 5.47. The van der Waals surface area contributed by atoms with E-state index < -0.39 is 5.97 Å². The number of hydrogen-bond donors (Lipinski definition) is 1. The number of fused-ring (bicyclic) bond motifs is 1. The first-order chi connectivity index (χ1) is 12.8. The SMILES string of the molecule is COC(=O)c1c(N(Cc2ccccc2C)C(C)=O)sc2c(Cl)c(O)ccc12. The van der Waals surface area contributed by atoms with Crippen molar-refractivity contribution in [2.24, 2.45) is 0 Å². The zero-order chi connectivity index (χ0) is 19.7. The van der Waals surface area contributed by atoms with Gasteiger partial charge in [-0.2, -0.15) is 0 Å². The van der Waals surface area contributed by atoms with Gasteiger partial charge in [-0.25, -0.2) is 4.79 Å². The van der Waals surface area contributed by atoms with Gasteiger partial charge in [0.2, 0.25) is 5.91 Å². The van der Waals surface area contributed by atoms with Gasteiger partial charge in [0.15, 0.2) is 0 Å². The van der Waals surface area contributed by atoms with Crippen LogP contribution >= 0.6 is 22.9 Å². The summed E-state index contributed by atoms with van der Waals surface area (Å²) in [5, 5.41) is 11.0. The largest absolute Gasteiger partial charge is 0.506 e. The summed E-state index contributed by atoms with van der Waals surface area (Å²) in [6.45, 7) is 3.72. The first-order valence-corrected chi connectivity index (χ1v) is 9.39. The molecule has 1 amide bonds. The van der Waals surface area contributed by atoms with E-state index in [2.05, 4.69) is 0 Å². The van der Waals surface area contributed by atoms with Gasteiger partial charge in [0.05, 0.1) is 18.4 Å². The fourth-order valence-electron chi connectivity index (χ4n) is 2.88. The number of amides is 1. The van der Waals surface area contributed by atoms with Crippen LogP contribution in [0.3, 0.4) is 0 Å². The molecule has 0 atom stereocenters. The van der Waals surface area contributed by atoms with Crippen LogP contribution in [0, 0.1) is 6.92 Å². The lowest BCUT2D eigenvalue weighted by molar-refractivity contribution is -0.116. The maximum absolute atomic E-state index is 12.5. The van der Waals surface area contributed by atoms with Gasteiger partial charge >= 0.3 is 5.97 Å². The number of benzene rings is 2. The molecule has 0 spiro atoms. The Morgan fingerprint density at radius 3 is 2.56 bits per heavy atom. The van der Waals surface area contributed by atoms with Crippen LogP contribution in [-0.2, 0) is 16.1 Å². The lowest BCUT2D eigenvalue weighted by atomic mass is 10.1. The van der Waals surface area contributed by atoms with E-state index in [1.807, 2.05) is 31.2 Å². The van der Waals surface area contributed by atoms with Crippen LogP contribution in [0.5, 0.6) is 5.75 Å². The average Bonchev–Trinajstić information content (AvgIpc) is 3.03. The molecule has 1 N–H and O–H groups in total. The van der Waals surface area contributed by atoms with E-state index in [0.29, 0.717) is 21.6 Å². The van der Waals surface area contributed by atoms with Crippen LogP contribution in [0.2, 0.25) is 5.02 Å². The lowest BCUT2D eigenvalue weighted by Crippen LogP contribution is -2.28. The van der Waals surface area contributed by atoms with E-state index in [1.54, 1.807) is 6.07 Å². The molecule has 0 aliphatic heterocycles. The summed E-state index contributed by atoms with van der Waals surface area (Å²) in [6, 6.07) is 10.8. The number of aryl methyl sites for hydroxylation is 1. The molecule has 2 aromatic carbocycles. The third-order valence-electron chi connectivity index (χ3n) is 4.36. The van der Waals surface area contributed by atoms with Gasteiger partial charge < -0.3 is 9.84 Å². The number of phenols is 1. The van der Waals surface area contributed by atoms with E-state index in [0.717, 1.165) is 11.1 Å². The molecular weight excluding hydrogens is 386 g/mol. The normalized spacial score (nSPS) is 10.8. The number of aromatic hydroxyl groups is 1. The molecule has 27 heavy (non-hydrogen) atoms. The van der Waals surface area contributed by atoms with Crippen molar-refractivity contribution in [3.8, 4) is 5.75 Å². The molecule has 0 unspecified atom stereocenters. The highest BCUT2D eigenvalue weighted by Gasteiger charge is 2.27. The minimum Gasteiger partial charge on any atom is -0.506 e. The number of carbonyl (C=O) groups excluding carboxylic acids is 2. The van der Waals surface area contributed by atoms with Crippen LogP contribution in [-0.4, -0.2) is 24.1 Å². The fourth-order valence-corrected chi connectivity index (χ4v) is 4.43. The number of halogens is 1. The van der Waals surface area contributed by atoms with Crippen LogP contribution in [0.25, 0.3) is 10.1 Å². The maximum atomic E-state index is 12.5. The fraction of sp³-hybridized carbons (Fsp3) is 0.200. The van der Waals surface area contributed by atoms with Crippen LogP contribution in [0.1, 0.15) is 28.4 Å². The highest BCUT2D eigenvalue weighted by Crippen LogP contribution is 2.45. The highest BCUT2D eigenvalue weighted by molar-refractivity contribution is 7.24. The Bertz CT molecular complexity index is 1040. The van der Waals surface area contributed by atoms with Crippen molar-refractivity contribution in [2.75, 3.05) is 12.0 Å². The van der Waals surface area contributed by atoms with Crippen molar-refractivity contribution in [3.05, 3.63) is 58.1 Å². The molecule has 0 fully saturated rings. The zero-order valence-corrected chi connectivity index (χ0v) is 16.6. The molecule has 0 bridgehead atoms. The van der Waals surface area contributed by atoms with Crippen LogP contribution in [0.15, 0.2) is 36.4 Å². The van der Waals surface area contributed by atoms with Crippen molar-refractivity contribution in [3.63, 3.8) is 0 Å². The summed E-state index contributed by atoms with van der Waals surface area (Å²) in [6.07, 6.45) is 0. The predicted octanol–water partition coefficient (Wildman–Crippen LogP) is 4.91. The topological polar surface area (TPSA) is 66.8 Å². The number of anilines is 1. The van der Waals surface area contributed by atoms with Gasteiger partial charge in [-0.1, -0.05) is 35.9 Å². The molecule has 0 aliphatic carbocycles. The number of esters is 1. The predicted molar refractivity (Wildman–Crippen MR) is 108 cm³/mol. The molecule has 0 aliphatic rings. The summed E-state index contributed by atoms with van der Waals surface area (Å²) in [5.74, 6) is -0.856. The second-order valence-corrected chi connectivity index (χ2v) is 7.46. The summed E-state index contributed by atoms with van der Waals surface area (Å²) in [7, 11) is 1.29. The summed E-state index contributed by atoms with van der Waals surface area (Å²) >= 11 is 7.42. The first kappa shape index (κ1) is 19.2. The smallest absolute Gasteiger partial charge is 0.341 e. The molecule has 3 aromatic rings. The van der Waals surface area contributed by atoms with E-state index in [4.69, 9.17) is 16.3 Å². The van der Waals surface area contributed by atoms with E-state index in [-0.39, 0.29) is 22.2 Å². The van der Waals surface area contributed by atoms with E-state index in [9.17, 15) is 14.7 Å². The number of ether oxygens (including phenoxy) is 1. The Morgan fingerprint density at radius 1 is 1.22 bits per heavy atom. The Hall–Kier alpha value is -2.57. The van der Waals surface area contributed by atoms with Crippen molar-refractivity contribution < 1.29 is 19.4 Å². The number of carbonyl (C=O) groups is 2. The number of hydrogen-bond acceptors (Lipinski definition) is 5. The Labute approximate surface area is 165 Å². The third kappa shape index (κ3) is 3.50. The van der Waals surface area contributed by atoms with Gasteiger partial charge in [-0.15, -0.1) is 11.3 Å². The van der Waals surface area contributed by atoms with Crippen LogP contribution < -0.4 is 4.90 Å².